The van der Waals surface area contributed by atoms with Crippen molar-refractivity contribution in [3.63, 3.8) is 0 Å². The molecule has 1 aromatic heterocycles. The van der Waals surface area contributed by atoms with Crippen LogP contribution in [0.4, 0.5) is 9.18 Å². The Hall–Kier alpha value is -2.62. The number of nitrogens with one attached hydrogen (secondary N) is 2. The highest BCUT2D eigenvalue weighted by molar-refractivity contribution is 7.99. The zero-order valence-electron chi connectivity index (χ0n) is 13.6. The van der Waals surface area contributed by atoms with Crippen LogP contribution in [0.15, 0.2) is 33.9 Å². The number of amides is 3. The average Bonchev–Trinajstić information content (AvgIpc) is 3.04. The third-order valence-electron chi connectivity index (χ3n) is 2.83. The zero-order chi connectivity index (χ0) is 18.2. The van der Waals surface area contributed by atoms with Crippen molar-refractivity contribution >= 4 is 23.7 Å². The molecule has 2 aromatic rings. The lowest BCUT2D eigenvalue weighted by atomic mass is 10.3. The monoisotopic (exact) mass is 368 g/mol. The summed E-state index contributed by atoms with van der Waals surface area (Å²) in [7, 11) is 0. The van der Waals surface area contributed by atoms with Crippen LogP contribution in [-0.2, 0) is 4.79 Å². The van der Waals surface area contributed by atoms with Crippen LogP contribution in [-0.4, -0.2) is 34.4 Å². The number of hydrogen-bond donors (Lipinski definition) is 2. The van der Waals surface area contributed by atoms with Crippen molar-refractivity contribution in [2.24, 2.45) is 0 Å². The van der Waals surface area contributed by atoms with Gasteiger partial charge in [0, 0.05) is 6.54 Å². The number of hydrogen-bond acceptors (Lipinski definition) is 7. The number of nitrogens with zero attached hydrogens (tertiary/aromatic N) is 2. The summed E-state index contributed by atoms with van der Waals surface area (Å²) in [5.74, 6) is -0.836. The van der Waals surface area contributed by atoms with Gasteiger partial charge in [-0.25, -0.2) is 9.18 Å². The molecule has 0 fully saturated rings. The maximum atomic E-state index is 13.6. The van der Waals surface area contributed by atoms with Gasteiger partial charge in [-0.2, -0.15) is 0 Å². The van der Waals surface area contributed by atoms with Crippen LogP contribution < -0.4 is 15.4 Å². The first kappa shape index (κ1) is 18.7. The van der Waals surface area contributed by atoms with Crippen LogP contribution in [0.1, 0.15) is 25.8 Å². The topological polar surface area (TPSA) is 106 Å². The van der Waals surface area contributed by atoms with Crippen LogP contribution in [0.25, 0.3) is 0 Å². The summed E-state index contributed by atoms with van der Waals surface area (Å²) in [5, 5.41) is 12.3. The van der Waals surface area contributed by atoms with Crippen LogP contribution in [0.2, 0.25) is 0 Å². The Kier molecular flexibility index (Phi) is 6.75. The smallest absolute Gasteiger partial charge is 0.321 e. The lowest BCUT2D eigenvalue weighted by Crippen LogP contribution is -2.40. The summed E-state index contributed by atoms with van der Waals surface area (Å²) < 4.78 is 24.4. The van der Waals surface area contributed by atoms with Crippen LogP contribution in [0, 0.1) is 5.82 Å². The highest BCUT2D eigenvalue weighted by atomic mass is 32.2. The Bertz CT molecular complexity index is 740. The molecular formula is C15H17FN4O4S. The number of ether oxygens (including phenoxy) is 1. The highest BCUT2D eigenvalue weighted by Crippen LogP contribution is 2.25. The van der Waals surface area contributed by atoms with Gasteiger partial charge in [-0.3, -0.25) is 10.1 Å². The molecule has 10 heteroatoms. The number of thioether (sulfide) groups is 1. The van der Waals surface area contributed by atoms with Crippen molar-refractivity contribution in [2.45, 2.75) is 25.2 Å². The average molecular weight is 368 g/mol. The molecule has 0 aliphatic rings. The summed E-state index contributed by atoms with van der Waals surface area (Å²) in [6.07, 6.45) is -0.664. The van der Waals surface area contributed by atoms with Gasteiger partial charge in [0.25, 0.3) is 11.1 Å². The minimum atomic E-state index is -0.664. The molecule has 1 heterocycles. The van der Waals surface area contributed by atoms with Crippen molar-refractivity contribution in [2.75, 3.05) is 12.3 Å². The van der Waals surface area contributed by atoms with Gasteiger partial charge in [0.05, 0.1) is 5.75 Å². The Morgan fingerprint density at radius 3 is 2.84 bits per heavy atom. The molecule has 0 aliphatic heterocycles. The van der Waals surface area contributed by atoms with E-state index in [2.05, 4.69) is 20.8 Å². The quantitative estimate of drug-likeness (QED) is 0.722. The fourth-order valence-electron chi connectivity index (χ4n) is 1.72. The van der Waals surface area contributed by atoms with Gasteiger partial charge in [-0.1, -0.05) is 23.9 Å². The van der Waals surface area contributed by atoms with Crippen molar-refractivity contribution < 1.29 is 23.1 Å². The number of carbonyl (C=O) groups excluding carboxylic acids is 2. The van der Waals surface area contributed by atoms with Gasteiger partial charge in [-0.05, 0) is 26.0 Å². The van der Waals surface area contributed by atoms with Crippen molar-refractivity contribution in [3.05, 3.63) is 36.0 Å². The number of rotatable bonds is 7. The molecular weight excluding hydrogens is 351 g/mol. The van der Waals surface area contributed by atoms with Crippen LogP contribution >= 0.6 is 11.8 Å². The molecule has 2 rings (SSSR count). The van der Waals surface area contributed by atoms with E-state index >= 15 is 0 Å². The van der Waals surface area contributed by atoms with Gasteiger partial charge in [0.15, 0.2) is 17.7 Å². The van der Waals surface area contributed by atoms with E-state index in [0.29, 0.717) is 6.54 Å². The molecule has 8 nitrogen and oxygen atoms in total. The van der Waals surface area contributed by atoms with E-state index in [1.54, 1.807) is 26.0 Å². The molecule has 0 radical (unpaired) electrons. The number of imide groups is 1. The first-order valence-corrected chi connectivity index (χ1v) is 8.43. The van der Waals surface area contributed by atoms with E-state index in [1.165, 1.54) is 12.1 Å². The predicted molar refractivity (Wildman–Crippen MR) is 87.7 cm³/mol. The summed E-state index contributed by atoms with van der Waals surface area (Å²) in [6.45, 7) is 3.79. The second-order valence-corrected chi connectivity index (χ2v) is 5.72. The maximum Gasteiger partial charge on any atom is 0.321 e. The van der Waals surface area contributed by atoms with E-state index in [4.69, 9.17) is 9.15 Å². The fourth-order valence-corrected chi connectivity index (χ4v) is 2.29. The summed E-state index contributed by atoms with van der Waals surface area (Å²) >= 11 is 0.974. The lowest BCUT2D eigenvalue weighted by Gasteiger charge is -2.11. The Morgan fingerprint density at radius 2 is 2.12 bits per heavy atom. The predicted octanol–water partition coefficient (Wildman–Crippen LogP) is 2.29. The number of halogens is 1. The minimum absolute atomic E-state index is 0.0681. The number of benzene rings is 1. The SMILES string of the molecule is CCNC(=O)NC(=O)CSc1nnc(C(C)Oc2ccccc2F)o1. The van der Waals surface area contributed by atoms with Crippen molar-refractivity contribution in [1.82, 2.24) is 20.8 Å². The number of carbonyl (C=O) groups is 2. The lowest BCUT2D eigenvalue weighted by molar-refractivity contribution is -0.117. The van der Waals surface area contributed by atoms with Gasteiger partial charge in [-0.15, -0.1) is 10.2 Å². The second kappa shape index (κ2) is 9.02. The molecule has 0 saturated heterocycles. The van der Waals surface area contributed by atoms with Crippen LogP contribution in [0.5, 0.6) is 5.75 Å². The molecule has 1 aromatic carbocycles. The number of urea groups is 1. The number of aromatic nitrogens is 2. The first-order valence-electron chi connectivity index (χ1n) is 7.44. The van der Waals surface area contributed by atoms with Gasteiger partial charge in [0.2, 0.25) is 5.91 Å². The summed E-state index contributed by atoms with van der Waals surface area (Å²) in [5.41, 5.74) is 0. The Balaban J connectivity index is 1.86. The van der Waals surface area contributed by atoms with E-state index in [9.17, 15) is 14.0 Å². The van der Waals surface area contributed by atoms with Gasteiger partial charge < -0.3 is 14.5 Å². The zero-order valence-corrected chi connectivity index (χ0v) is 14.4. The molecule has 0 aliphatic carbocycles. The van der Waals surface area contributed by atoms with Crippen molar-refractivity contribution in [1.29, 1.82) is 0 Å². The molecule has 3 amide bonds. The maximum absolute atomic E-state index is 13.6. The Labute approximate surface area is 147 Å². The second-order valence-electron chi connectivity index (χ2n) is 4.79. The third kappa shape index (κ3) is 5.75. The van der Waals surface area contributed by atoms with Gasteiger partial charge >= 0.3 is 6.03 Å². The molecule has 134 valence electrons. The normalized spacial score (nSPS) is 11.6. The summed E-state index contributed by atoms with van der Waals surface area (Å²) in [4.78, 5) is 22.8. The Morgan fingerprint density at radius 1 is 1.36 bits per heavy atom. The highest BCUT2D eigenvalue weighted by Gasteiger charge is 2.18. The van der Waals surface area contributed by atoms with E-state index in [-0.39, 0.29) is 22.6 Å². The van der Waals surface area contributed by atoms with Crippen LogP contribution in [0.3, 0.4) is 0 Å². The van der Waals surface area contributed by atoms with Crippen molar-refractivity contribution in [3.8, 4) is 5.75 Å². The molecule has 0 bridgehead atoms. The molecule has 1 unspecified atom stereocenters. The standard InChI is InChI=1S/C15H17FN4O4S/c1-3-17-14(22)18-12(21)8-25-15-20-19-13(24-15)9(2)23-11-7-5-4-6-10(11)16/h4-7,9H,3,8H2,1-2H3,(H2,17,18,21,22). The molecule has 25 heavy (non-hydrogen) atoms. The van der Waals surface area contributed by atoms with E-state index in [1.807, 2.05) is 0 Å². The summed E-state index contributed by atoms with van der Waals surface area (Å²) in [6, 6.07) is 5.41. The molecule has 2 N–H and O–H groups in total. The third-order valence-corrected chi connectivity index (χ3v) is 3.65. The van der Waals surface area contributed by atoms with E-state index in [0.717, 1.165) is 11.8 Å². The van der Waals surface area contributed by atoms with E-state index < -0.39 is 23.9 Å². The minimum Gasteiger partial charge on any atom is -0.478 e. The fraction of sp³-hybridized carbons (Fsp3) is 0.333. The largest absolute Gasteiger partial charge is 0.478 e. The number of para-hydroxylation sites is 1. The molecule has 0 spiro atoms. The molecule has 1 atom stereocenters. The molecule has 0 saturated carbocycles. The van der Waals surface area contributed by atoms with Gasteiger partial charge in [0.1, 0.15) is 0 Å². The first-order chi connectivity index (χ1) is 12.0.